The normalized spacial score (nSPS) is 13.1. The van der Waals surface area contributed by atoms with Crippen LogP contribution in [0.3, 0.4) is 0 Å². The molecule has 4 rings (SSSR count). The van der Waals surface area contributed by atoms with E-state index in [1.807, 2.05) is 0 Å². The van der Waals surface area contributed by atoms with Gasteiger partial charge in [0.1, 0.15) is 24.7 Å². The molecule has 8 nitrogen and oxygen atoms in total. The third kappa shape index (κ3) is 4.12. The van der Waals surface area contributed by atoms with Crippen LogP contribution in [0.25, 0.3) is 0 Å². The third-order valence-corrected chi connectivity index (χ3v) is 5.63. The van der Waals surface area contributed by atoms with Crippen LogP contribution in [0, 0.1) is 0 Å². The van der Waals surface area contributed by atoms with Crippen molar-refractivity contribution in [3.05, 3.63) is 64.9 Å². The first-order chi connectivity index (χ1) is 14.6. The molecule has 30 heavy (non-hydrogen) atoms. The number of Topliss-reactive ketones (excluding diaryl/α,β-unsaturated/α-hetero) is 1. The Hall–Kier alpha value is -3.04. The highest BCUT2D eigenvalue weighted by Gasteiger charge is 2.31. The van der Waals surface area contributed by atoms with Gasteiger partial charge in [-0.05, 0) is 24.3 Å². The van der Waals surface area contributed by atoms with Crippen LogP contribution in [0.1, 0.15) is 16.2 Å². The van der Waals surface area contributed by atoms with Gasteiger partial charge in [0.05, 0.1) is 17.9 Å². The second kappa shape index (κ2) is 8.76. The molecule has 10 heteroatoms. The van der Waals surface area contributed by atoms with Gasteiger partial charge in [0, 0.05) is 5.56 Å². The number of thioether (sulfide) groups is 1. The first-order valence-corrected chi connectivity index (χ1v) is 10.4. The SMILES string of the molecule is COc1cccc(C(=O)CN2C(=O)CSc3nnc(COc4ccccc4Cl)n32)c1. The van der Waals surface area contributed by atoms with Crippen LogP contribution < -0.4 is 14.5 Å². The Morgan fingerprint density at radius 1 is 1.20 bits per heavy atom. The zero-order chi connectivity index (χ0) is 21.1. The lowest BCUT2D eigenvalue weighted by Gasteiger charge is -2.28. The Morgan fingerprint density at radius 2 is 2.03 bits per heavy atom. The fourth-order valence-corrected chi connectivity index (χ4v) is 3.93. The number of fused-ring (bicyclic) bond motifs is 1. The first kappa shape index (κ1) is 20.2. The molecule has 0 atom stereocenters. The number of benzene rings is 2. The van der Waals surface area contributed by atoms with Crippen molar-refractivity contribution in [3.63, 3.8) is 0 Å². The number of methoxy groups -OCH3 is 1. The van der Waals surface area contributed by atoms with Gasteiger partial charge in [0.15, 0.2) is 11.6 Å². The van der Waals surface area contributed by atoms with E-state index in [9.17, 15) is 9.59 Å². The predicted molar refractivity (Wildman–Crippen MR) is 112 cm³/mol. The maximum atomic E-state index is 12.8. The number of carbonyl (C=O) groups is 2. The standard InChI is InChI=1S/C20H17ClN4O4S/c1-28-14-6-4-5-13(9-14)16(26)10-24-19(27)12-30-20-23-22-18(25(20)24)11-29-17-8-3-2-7-15(17)21/h2-9H,10-12H2,1H3. The lowest BCUT2D eigenvalue weighted by molar-refractivity contribution is -0.118. The van der Waals surface area contributed by atoms with E-state index in [1.54, 1.807) is 48.5 Å². The van der Waals surface area contributed by atoms with Crippen molar-refractivity contribution >= 4 is 35.1 Å². The molecule has 0 N–H and O–H groups in total. The third-order valence-electron chi connectivity index (χ3n) is 4.41. The Labute approximate surface area is 181 Å². The minimum atomic E-state index is -0.230. The fourth-order valence-electron chi connectivity index (χ4n) is 2.92. The van der Waals surface area contributed by atoms with Gasteiger partial charge in [-0.25, -0.2) is 9.69 Å². The van der Waals surface area contributed by atoms with Crippen LogP contribution in [-0.2, 0) is 11.4 Å². The maximum absolute atomic E-state index is 12.8. The number of ether oxygens (including phenoxy) is 2. The molecule has 0 fully saturated rings. The molecule has 0 spiro atoms. The van der Waals surface area contributed by atoms with Crippen molar-refractivity contribution < 1.29 is 19.1 Å². The summed E-state index contributed by atoms with van der Waals surface area (Å²) in [7, 11) is 1.53. The van der Waals surface area contributed by atoms with Crippen molar-refractivity contribution in [2.45, 2.75) is 11.8 Å². The van der Waals surface area contributed by atoms with E-state index >= 15 is 0 Å². The highest BCUT2D eigenvalue weighted by Crippen LogP contribution is 2.27. The number of amides is 1. The van der Waals surface area contributed by atoms with Crippen molar-refractivity contribution in [3.8, 4) is 11.5 Å². The second-order valence-electron chi connectivity index (χ2n) is 6.32. The smallest absolute Gasteiger partial charge is 0.252 e. The van der Waals surface area contributed by atoms with Crippen molar-refractivity contribution in [1.29, 1.82) is 0 Å². The molecule has 1 aromatic heterocycles. The van der Waals surface area contributed by atoms with Gasteiger partial charge in [0.25, 0.3) is 5.91 Å². The van der Waals surface area contributed by atoms with E-state index in [-0.39, 0.29) is 30.6 Å². The van der Waals surface area contributed by atoms with E-state index in [0.717, 1.165) is 0 Å². The maximum Gasteiger partial charge on any atom is 0.252 e. The molecule has 1 aliphatic heterocycles. The lowest BCUT2D eigenvalue weighted by atomic mass is 10.1. The molecule has 2 heterocycles. The van der Waals surface area contributed by atoms with Crippen molar-refractivity contribution in [2.24, 2.45) is 0 Å². The average molecular weight is 445 g/mol. The molecular weight excluding hydrogens is 428 g/mol. The molecule has 1 amide bonds. The van der Waals surface area contributed by atoms with E-state index in [4.69, 9.17) is 21.1 Å². The number of aromatic nitrogens is 3. The zero-order valence-electron chi connectivity index (χ0n) is 15.9. The highest BCUT2D eigenvalue weighted by atomic mass is 35.5. The van der Waals surface area contributed by atoms with Gasteiger partial charge >= 0.3 is 0 Å². The molecule has 0 aliphatic carbocycles. The summed E-state index contributed by atoms with van der Waals surface area (Å²) in [6.07, 6.45) is 0. The molecule has 0 radical (unpaired) electrons. The molecular formula is C20H17ClN4O4S. The van der Waals surface area contributed by atoms with Gasteiger partial charge < -0.3 is 9.47 Å². The van der Waals surface area contributed by atoms with Crippen LogP contribution in [0.5, 0.6) is 11.5 Å². The van der Waals surface area contributed by atoms with Crippen LogP contribution in [0.4, 0.5) is 0 Å². The van der Waals surface area contributed by atoms with Gasteiger partial charge in [0.2, 0.25) is 5.16 Å². The minimum Gasteiger partial charge on any atom is -0.497 e. The summed E-state index contributed by atoms with van der Waals surface area (Å²) < 4.78 is 12.5. The topological polar surface area (TPSA) is 86.6 Å². The summed E-state index contributed by atoms with van der Waals surface area (Å²) >= 11 is 7.39. The lowest BCUT2D eigenvalue weighted by Crippen LogP contribution is -2.48. The van der Waals surface area contributed by atoms with Gasteiger partial charge in [-0.15, -0.1) is 10.2 Å². The largest absolute Gasteiger partial charge is 0.497 e. The van der Waals surface area contributed by atoms with Gasteiger partial charge in [-0.2, -0.15) is 0 Å². The molecule has 3 aromatic rings. The fraction of sp³-hybridized carbons (Fsp3) is 0.200. The summed E-state index contributed by atoms with van der Waals surface area (Å²) in [5, 5.41) is 10.6. The van der Waals surface area contributed by atoms with Crippen LogP contribution in [0.2, 0.25) is 5.02 Å². The number of para-hydroxylation sites is 1. The van der Waals surface area contributed by atoms with Crippen molar-refractivity contribution in [1.82, 2.24) is 14.9 Å². The first-order valence-electron chi connectivity index (χ1n) is 8.99. The number of carbonyl (C=O) groups excluding carboxylic acids is 2. The van der Waals surface area contributed by atoms with E-state index < -0.39 is 0 Å². The van der Waals surface area contributed by atoms with Crippen LogP contribution in [-0.4, -0.2) is 46.0 Å². The predicted octanol–water partition coefficient (Wildman–Crippen LogP) is 2.97. The second-order valence-corrected chi connectivity index (χ2v) is 7.67. The Morgan fingerprint density at radius 3 is 2.83 bits per heavy atom. The Balaban J connectivity index is 1.57. The van der Waals surface area contributed by atoms with Crippen molar-refractivity contribution in [2.75, 3.05) is 24.4 Å². The molecule has 154 valence electrons. The summed E-state index contributed by atoms with van der Waals surface area (Å²) in [6, 6.07) is 13.9. The number of nitrogens with zero attached hydrogens (tertiary/aromatic N) is 4. The number of halogens is 1. The summed E-state index contributed by atoms with van der Waals surface area (Å²) in [4.78, 5) is 25.4. The quantitative estimate of drug-likeness (QED) is 0.518. The number of rotatable bonds is 7. The molecule has 1 aliphatic rings. The number of ketones is 1. The molecule has 0 unspecified atom stereocenters. The number of hydrogen-bond donors (Lipinski definition) is 0. The molecule has 0 saturated heterocycles. The Kier molecular flexibility index (Phi) is 5.91. The van der Waals surface area contributed by atoms with E-state index in [0.29, 0.717) is 33.1 Å². The minimum absolute atomic E-state index is 0.0361. The molecule has 2 aromatic carbocycles. The van der Waals surface area contributed by atoms with Crippen LogP contribution in [0.15, 0.2) is 53.7 Å². The summed E-state index contributed by atoms with van der Waals surface area (Å²) in [5.41, 5.74) is 0.448. The van der Waals surface area contributed by atoms with E-state index in [2.05, 4.69) is 10.2 Å². The number of hydrogen-bond acceptors (Lipinski definition) is 7. The summed E-state index contributed by atoms with van der Waals surface area (Å²) in [6.45, 7) is -0.120. The van der Waals surface area contributed by atoms with Gasteiger partial charge in [-0.3, -0.25) is 9.59 Å². The van der Waals surface area contributed by atoms with E-state index in [1.165, 1.54) is 28.6 Å². The Bertz CT molecular complexity index is 1100. The van der Waals surface area contributed by atoms with Crippen LogP contribution >= 0.6 is 23.4 Å². The zero-order valence-corrected chi connectivity index (χ0v) is 17.5. The molecule has 0 saturated carbocycles. The highest BCUT2D eigenvalue weighted by molar-refractivity contribution is 7.99. The van der Waals surface area contributed by atoms with Gasteiger partial charge in [-0.1, -0.05) is 47.6 Å². The molecule has 0 bridgehead atoms. The monoisotopic (exact) mass is 444 g/mol. The summed E-state index contributed by atoms with van der Waals surface area (Å²) in [5.74, 6) is 1.18. The average Bonchev–Trinajstić information content (AvgIpc) is 3.18.